The van der Waals surface area contributed by atoms with Crippen LogP contribution in [-0.4, -0.2) is 51.6 Å². The van der Waals surface area contributed by atoms with Crippen LogP contribution >= 0.6 is 0 Å². The van der Waals surface area contributed by atoms with Crippen LogP contribution in [0.25, 0.3) is 0 Å². The molecule has 0 bridgehead atoms. The number of carbonyl (C=O) groups is 2. The first-order valence-corrected chi connectivity index (χ1v) is 6.45. The summed E-state index contributed by atoms with van der Waals surface area (Å²) in [5.74, 6) is -0.257. The normalized spacial score (nSPS) is 11.0. The first-order valence-electron chi connectivity index (χ1n) is 7.16. The van der Waals surface area contributed by atoms with Gasteiger partial charge < -0.3 is 16.0 Å². The predicted molar refractivity (Wildman–Crippen MR) is 72.3 cm³/mol. The molecule has 2 amide bonds. The molecule has 0 radical (unpaired) electrons. The van der Waals surface area contributed by atoms with Crippen molar-refractivity contribution in [1.82, 2.24) is 21.3 Å². The van der Waals surface area contributed by atoms with Crippen molar-refractivity contribution in [2.75, 3.05) is 39.3 Å². The van der Waals surface area contributed by atoms with E-state index in [1.807, 2.05) is 0 Å². The van der Waals surface area contributed by atoms with Gasteiger partial charge in [-0.15, -0.1) is 0 Å². The first kappa shape index (κ1) is 15.1. The second-order valence-corrected chi connectivity index (χ2v) is 3.89. The van der Waals surface area contributed by atoms with Crippen molar-refractivity contribution in [3.63, 3.8) is 0 Å². The zero-order valence-electron chi connectivity index (χ0n) is 12.0. The van der Waals surface area contributed by atoms with Crippen molar-refractivity contribution in [3.8, 4) is 0 Å². The molecule has 6 heteroatoms. The maximum atomic E-state index is 10.9. The summed E-state index contributed by atoms with van der Waals surface area (Å²) in [6.07, 6.45) is 2.74. The minimum Gasteiger partial charge on any atom is -0.315 e. The molecule has 0 rings (SSSR count). The van der Waals surface area contributed by atoms with E-state index < -0.39 is 0 Å². The molecular weight excluding hydrogens is 232 g/mol. The molecule has 0 aliphatic heterocycles. The van der Waals surface area contributed by atoms with E-state index in [2.05, 4.69) is 21.3 Å². The second-order valence-electron chi connectivity index (χ2n) is 3.89. The molecule has 0 saturated carbocycles. The van der Waals surface area contributed by atoms with Gasteiger partial charge in [0.05, 0.1) is 0 Å². The number of amides is 2. The van der Waals surface area contributed by atoms with Crippen LogP contribution in [0.15, 0.2) is 0 Å². The summed E-state index contributed by atoms with van der Waals surface area (Å²) in [6, 6.07) is 0. The highest BCUT2D eigenvalue weighted by atomic mass is 16.2. The van der Waals surface area contributed by atoms with Gasteiger partial charge in [0.15, 0.2) is 0 Å². The number of hydrogen-bond acceptors (Lipinski definition) is 5. The molecule has 0 aliphatic rings. The summed E-state index contributed by atoms with van der Waals surface area (Å²) >= 11 is 0. The van der Waals surface area contributed by atoms with Crippen LogP contribution in [0.4, 0.5) is 0 Å². The van der Waals surface area contributed by atoms with Gasteiger partial charge in [0.2, 0.25) is 12.3 Å². The molecule has 0 aliphatic carbocycles. The fourth-order valence-corrected chi connectivity index (χ4v) is 1.32. The number of nitrogens with one attached hydrogen (secondary N) is 4. The van der Waals surface area contributed by atoms with Crippen LogP contribution < -0.4 is 21.3 Å². The van der Waals surface area contributed by atoms with Crippen molar-refractivity contribution in [3.05, 3.63) is 0 Å². The summed E-state index contributed by atoms with van der Waals surface area (Å²) < 4.78 is 6.99. The lowest BCUT2D eigenvalue weighted by Crippen LogP contribution is -2.34. The smallest absolute Gasteiger partial charge is 0.227 e. The maximum Gasteiger partial charge on any atom is 0.227 e. The summed E-state index contributed by atoms with van der Waals surface area (Å²) in [5, 5.41) is 11.8. The predicted octanol–water partition coefficient (Wildman–Crippen LogP) is -0.782. The van der Waals surface area contributed by atoms with Crippen LogP contribution in [0.3, 0.4) is 0 Å². The average Bonchev–Trinajstić information content (AvgIpc) is 2.40. The topological polar surface area (TPSA) is 82.3 Å². The molecule has 0 aromatic carbocycles. The summed E-state index contributed by atoms with van der Waals surface area (Å²) in [6.45, 7) is 5.55. The Morgan fingerprint density at radius 3 is 2.28 bits per heavy atom. The Kier molecular flexibility index (Phi) is 11.8. The molecule has 4 N–H and O–H groups in total. The van der Waals surface area contributed by atoms with Gasteiger partial charge in [0.1, 0.15) is 0 Å². The van der Waals surface area contributed by atoms with E-state index in [4.69, 9.17) is 1.37 Å². The molecular formula is C12H26N4O2. The second kappa shape index (κ2) is 14.1. The minimum atomic E-state index is -0.257. The SMILES string of the molecule is [2H]CCCCNCCNCCNCCC(=O)NC=O. The van der Waals surface area contributed by atoms with E-state index in [0.717, 1.165) is 45.6 Å². The van der Waals surface area contributed by atoms with E-state index in [9.17, 15) is 9.59 Å². The van der Waals surface area contributed by atoms with E-state index >= 15 is 0 Å². The van der Waals surface area contributed by atoms with E-state index in [-0.39, 0.29) is 5.91 Å². The van der Waals surface area contributed by atoms with Crippen LogP contribution in [0, 0.1) is 0 Å². The molecule has 106 valence electrons. The van der Waals surface area contributed by atoms with Crippen molar-refractivity contribution in [1.29, 1.82) is 0 Å². The molecule has 0 aromatic rings. The number of carbonyl (C=O) groups excluding carboxylic acids is 2. The molecule has 0 unspecified atom stereocenters. The highest BCUT2D eigenvalue weighted by molar-refractivity contribution is 5.85. The zero-order valence-corrected chi connectivity index (χ0v) is 11.0. The van der Waals surface area contributed by atoms with Gasteiger partial charge >= 0.3 is 0 Å². The van der Waals surface area contributed by atoms with E-state index in [0.29, 0.717) is 26.3 Å². The fourth-order valence-electron chi connectivity index (χ4n) is 1.32. The van der Waals surface area contributed by atoms with Crippen LogP contribution in [0.2, 0.25) is 0 Å². The quantitative estimate of drug-likeness (QED) is 0.258. The highest BCUT2D eigenvalue weighted by Gasteiger charge is 1.97. The van der Waals surface area contributed by atoms with Crippen LogP contribution in [-0.2, 0) is 9.59 Å². The Balaban J connectivity index is 3.02. The van der Waals surface area contributed by atoms with Gasteiger partial charge in [-0.3, -0.25) is 14.9 Å². The first-order chi connectivity index (χ1) is 9.31. The van der Waals surface area contributed by atoms with E-state index in [1.54, 1.807) is 0 Å². The number of rotatable bonds is 13. The lowest BCUT2D eigenvalue weighted by molar-refractivity contribution is -0.125. The Hall–Kier alpha value is -0.980. The van der Waals surface area contributed by atoms with Gasteiger partial charge in [0.25, 0.3) is 0 Å². The molecule has 0 atom stereocenters. The minimum absolute atomic E-state index is 0.257. The lowest BCUT2D eigenvalue weighted by atomic mass is 10.3. The third-order valence-electron chi connectivity index (χ3n) is 2.31. The van der Waals surface area contributed by atoms with Crippen molar-refractivity contribution in [2.45, 2.75) is 26.2 Å². The summed E-state index contributed by atoms with van der Waals surface area (Å²) in [7, 11) is 0. The Bertz CT molecular complexity index is 230. The molecule has 6 nitrogen and oxygen atoms in total. The zero-order chi connectivity index (χ0) is 14.2. The van der Waals surface area contributed by atoms with Crippen molar-refractivity contribution in [2.24, 2.45) is 0 Å². The largest absolute Gasteiger partial charge is 0.315 e. The van der Waals surface area contributed by atoms with Gasteiger partial charge in [-0.25, -0.2) is 0 Å². The van der Waals surface area contributed by atoms with Gasteiger partial charge in [0, 0.05) is 40.5 Å². The van der Waals surface area contributed by atoms with Crippen LogP contribution in [0.1, 0.15) is 27.5 Å². The number of unbranched alkanes of at least 4 members (excludes halogenated alkanes) is 1. The molecule has 0 aromatic heterocycles. The lowest BCUT2D eigenvalue weighted by Gasteiger charge is -2.07. The maximum absolute atomic E-state index is 10.9. The molecule has 0 spiro atoms. The van der Waals surface area contributed by atoms with Crippen molar-refractivity contribution >= 4 is 12.3 Å². The number of imide groups is 1. The fraction of sp³-hybridized carbons (Fsp3) is 0.833. The molecule has 0 saturated heterocycles. The molecule has 0 heterocycles. The third-order valence-corrected chi connectivity index (χ3v) is 2.31. The Morgan fingerprint density at radius 1 is 1.06 bits per heavy atom. The van der Waals surface area contributed by atoms with Gasteiger partial charge in [-0.2, -0.15) is 0 Å². The molecule has 18 heavy (non-hydrogen) atoms. The molecule has 0 fully saturated rings. The van der Waals surface area contributed by atoms with Gasteiger partial charge in [-0.1, -0.05) is 13.3 Å². The third kappa shape index (κ3) is 13.1. The monoisotopic (exact) mass is 259 g/mol. The van der Waals surface area contributed by atoms with Gasteiger partial charge in [-0.05, 0) is 13.0 Å². The van der Waals surface area contributed by atoms with Crippen molar-refractivity contribution < 1.29 is 11.0 Å². The van der Waals surface area contributed by atoms with Crippen LogP contribution in [0.5, 0.6) is 0 Å². The Labute approximate surface area is 111 Å². The Morgan fingerprint density at radius 2 is 1.67 bits per heavy atom. The average molecular weight is 259 g/mol. The standard InChI is InChI=1S/C12H26N4O2/c1-2-3-5-13-7-9-15-10-8-14-6-4-12(18)16-11-17/h11,13-15H,2-10H2,1H3,(H,16,17,18)/i1D. The number of hydrogen-bond donors (Lipinski definition) is 4. The van der Waals surface area contributed by atoms with E-state index in [1.165, 1.54) is 0 Å². The highest BCUT2D eigenvalue weighted by Crippen LogP contribution is 1.80. The summed E-state index contributed by atoms with van der Waals surface area (Å²) in [4.78, 5) is 20.9. The summed E-state index contributed by atoms with van der Waals surface area (Å²) in [5.41, 5.74) is 0.